The zero-order valence-corrected chi connectivity index (χ0v) is 9.68. The maximum absolute atomic E-state index is 5.89. The van der Waals surface area contributed by atoms with Gasteiger partial charge < -0.3 is 11.5 Å². The van der Waals surface area contributed by atoms with Gasteiger partial charge in [0.05, 0.1) is 0 Å². The van der Waals surface area contributed by atoms with Crippen LogP contribution in [-0.2, 0) is 12.8 Å². The Morgan fingerprint density at radius 2 is 1.94 bits per heavy atom. The maximum atomic E-state index is 5.89. The van der Waals surface area contributed by atoms with Gasteiger partial charge in [-0.05, 0) is 36.5 Å². The molecule has 0 radical (unpaired) electrons. The van der Waals surface area contributed by atoms with Crippen molar-refractivity contribution in [1.82, 2.24) is 4.98 Å². The van der Waals surface area contributed by atoms with Gasteiger partial charge in [0.2, 0.25) is 0 Å². The van der Waals surface area contributed by atoms with Crippen molar-refractivity contribution in [3.63, 3.8) is 0 Å². The van der Waals surface area contributed by atoms with Gasteiger partial charge in [-0.1, -0.05) is 23.5 Å². The van der Waals surface area contributed by atoms with E-state index < -0.39 is 0 Å². The van der Waals surface area contributed by atoms with E-state index in [2.05, 4.69) is 23.2 Å². The third-order valence-corrected chi connectivity index (χ3v) is 3.76. The van der Waals surface area contributed by atoms with Gasteiger partial charge in [0.25, 0.3) is 0 Å². The van der Waals surface area contributed by atoms with E-state index in [0.29, 0.717) is 10.1 Å². The standard InChI is InChI=1S/C12H13N3S/c13-11-10(15-12(14)16-11)9-5-4-7-2-1-3-8(7)6-9/h4-6H,1-3,13H2,(H2,14,15). The Morgan fingerprint density at radius 3 is 2.69 bits per heavy atom. The van der Waals surface area contributed by atoms with Crippen LogP contribution in [0.25, 0.3) is 11.3 Å². The molecule has 1 aromatic carbocycles. The maximum Gasteiger partial charge on any atom is 0.182 e. The van der Waals surface area contributed by atoms with Crippen LogP contribution in [0.4, 0.5) is 10.1 Å². The first-order valence-corrected chi connectivity index (χ1v) is 6.19. The molecule has 16 heavy (non-hydrogen) atoms. The molecule has 0 amide bonds. The second kappa shape index (κ2) is 3.49. The van der Waals surface area contributed by atoms with Gasteiger partial charge >= 0.3 is 0 Å². The van der Waals surface area contributed by atoms with Crippen LogP contribution in [-0.4, -0.2) is 4.98 Å². The zero-order chi connectivity index (χ0) is 11.1. The van der Waals surface area contributed by atoms with Crippen molar-refractivity contribution < 1.29 is 0 Å². The molecule has 1 aromatic heterocycles. The highest BCUT2D eigenvalue weighted by molar-refractivity contribution is 7.19. The molecule has 0 bridgehead atoms. The Hall–Kier alpha value is -1.55. The number of fused-ring (bicyclic) bond motifs is 1. The number of hydrogen-bond acceptors (Lipinski definition) is 4. The lowest BCUT2D eigenvalue weighted by atomic mass is 10.0. The average Bonchev–Trinajstić information content (AvgIpc) is 2.83. The Bertz CT molecular complexity index is 545. The molecule has 4 heteroatoms. The van der Waals surface area contributed by atoms with Gasteiger partial charge in [-0.2, -0.15) is 0 Å². The number of benzene rings is 1. The molecule has 0 aliphatic heterocycles. The van der Waals surface area contributed by atoms with Gasteiger partial charge in [0.1, 0.15) is 10.7 Å². The van der Waals surface area contributed by atoms with E-state index in [1.807, 2.05) is 0 Å². The topological polar surface area (TPSA) is 64.9 Å². The fourth-order valence-electron chi connectivity index (χ4n) is 2.28. The quantitative estimate of drug-likeness (QED) is 0.792. The summed E-state index contributed by atoms with van der Waals surface area (Å²) < 4.78 is 0. The second-order valence-corrected chi connectivity index (χ2v) is 5.16. The monoisotopic (exact) mass is 231 g/mol. The molecule has 0 saturated heterocycles. The fourth-order valence-corrected chi connectivity index (χ4v) is 2.90. The molecule has 4 N–H and O–H groups in total. The van der Waals surface area contributed by atoms with E-state index in [-0.39, 0.29) is 0 Å². The van der Waals surface area contributed by atoms with Crippen LogP contribution >= 0.6 is 11.3 Å². The molecule has 0 saturated carbocycles. The molecule has 1 heterocycles. The molecule has 2 aromatic rings. The zero-order valence-electron chi connectivity index (χ0n) is 8.86. The van der Waals surface area contributed by atoms with Crippen LogP contribution < -0.4 is 11.5 Å². The minimum atomic E-state index is 0.535. The fraction of sp³-hybridized carbons (Fsp3) is 0.250. The summed E-state index contributed by atoms with van der Waals surface area (Å²) in [7, 11) is 0. The van der Waals surface area contributed by atoms with E-state index in [9.17, 15) is 0 Å². The molecular weight excluding hydrogens is 218 g/mol. The number of thiazole rings is 1. The smallest absolute Gasteiger partial charge is 0.182 e. The third kappa shape index (κ3) is 1.46. The molecule has 3 nitrogen and oxygen atoms in total. The summed E-state index contributed by atoms with van der Waals surface area (Å²) in [6.45, 7) is 0. The number of hydrogen-bond donors (Lipinski definition) is 2. The van der Waals surface area contributed by atoms with E-state index in [1.54, 1.807) is 0 Å². The first kappa shape index (κ1) is 9.66. The van der Waals surface area contributed by atoms with Crippen molar-refractivity contribution in [3.05, 3.63) is 29.3 Å². The summed E-state index contributed by atoms with van der Waals surface area (Å²) in [6, 6.07) is 6.48. The summed E-state index contributed by atoms with van der Waals surface area (Å²) in [6.07, 6.45) is 3.63. The number of aryl methyl sites for hydroxylation is 2. The normalized spacial score (nSPS) is 14.0. The lowest BCUT2D eigenvalue weighted by Gasteiger charge is -2.03. The minimum Gasteiger partial charge on any atom is -0.389 e. The van der Waals surface area contributed by atoms with Crippen LogP contribution in [0.2, 0.25) is 0 Å². The molecule has 1 aliphatic rings. The molecule has 0 spiro atoms. The van der Waals surface area contributed by atoms with E-state index in [4.69, 9.17) is 11.5 Å². The first-order valence-electron chi connectivity index (χ1n) is 5.38. The van der Waals surface area contributed by atoms with Gasteiger partial charge in [0.15, 0.2) is 5.13 Å². The highest BCUT2D eigenvalue weighted by Crippen LogP contribution is 2.34. The van der Waals surface area contributed by atoms with Crippen LogP contribution in [0, 0.1) is 0 Å². The molecule has 0 fully saturated rings. The second-order valence-electron chi connectivity index (χ2n) is 4.10. The molecule has 1 aliphatic carbocycles. The number of nitrogens with two attached hydrogens (primary N) is 2. The number of anilines is 2. The SMILES string of the molecule is Nc1nc(-c2ccc3c(c2)CCC3)c(N)s1. The van der Waals surface area contributed by atoms with Crippen molar-refractivity contribution in [1.29, 1.82) is 0 Å². The van der Waals surface area contributed by atoms with Crippen LogP contribution in [0.5, 0.6) is 0 Å². The summed E-state index contributed by atoms with van der Waals surface area (Å²) in [5.74, 6) is 0. The van der Waals surface area contributed by atoms with Crippen molar-refractivity contribution in [2.24, 2.45) is 0 Å². The lowest BCUT2D eigenvalue weighted by Crippen LogP contribution is -1.89. The summed E-state index contributed by atoms with van der Waals surface area (Å²) in [5.41, 5.74) is 16.4. The highest BCUT2D eigenvalue weighted by Gasteiger charge is 2.14. The Morgan fingerprint density at radius 1 is 1.12 bits per heavy atom. The van der Waals surface area contributed by atoms with Crippen molar-refractivity contribution in [2.75, 3.05) is 11.5 Å². The first-order chi connectivity index (χ1) is 7.74. The summed E-state index contributed by atoms with van der Waals surface area (Å²) in [4.78, 5) is 4.28. The third-order valence-electron chi connectivity index (χ3n) is 3.04. The Balaban J connectivity index is 2.10. The lowest BCUT2D eigenvalue weighted by molar-refractivity contribution is 0.912. The predicted molar refractivity (Wildman–Crippen MR) is 68.4 cm³/mol. The van der Waals surface area contributed by atoms with Crippen molar-refractivity contribution in [2.45, 2.75) is 19.3 Å². The summed E-state index contributed by atoms with van der Waals surface area (Å²) >= 11 is 1.34. The van der Waals surface area contributed by atoms with E-state index >= 15 is 0 Å². The number of aromatic nitrogens is 1. The van der Waals surface area contributed by atoms with Crippen molar-refractivity contribution in [3.8, 4) is 11.3 Å². The van der Waals surface area contributed by atoms with Crippen LogP contribution in [0.3, 0.4) is 0 Å². The van der Waals surface area contributed by atoms with Gasteiger partial charge in [0, 0.05) is 5.56 Å². The molecule has 3 rings (SSSR count). The molecule has 82 valence electrons. The molecule has 0 unspecified atom stereocenters. The highest BCUT2D eigenvalue weighted by atomic mass is 32.1. The number of nitrogen functional groups attached to an aromatic ring is 2. The minimum absolute atomic E-state index is 0.535. The van der Waals surface area contributed by atoms with E-state index in [0.717, 1.165) is 11.3 Å². The number of rotatable bonds is 1. The van der Waals surface area contributed by atoms with Gasteiger partial charge in [-0.25, -0.2) is 4.98 Å². The Labute approximate surface area is 98.1 Å². The largest absolute Gasteiger partial charge is 0.389 e. The summed E-state index contributed by atoms with van der Waals surface area (Å²) in [5, 5.41) is 1.24. The average molecular weight is 231 g/mol. The number of nitrogens with zero attached hydrogens (tertiary/aromatic N) is 1. The molecule has 0 atom stereocenters. The van der Waals surface area contributed by atoms with Gasteiger partial charge in [-0.3, -0.25) is 0 Å². The van der Waals surface area contributed by atoms with E-state index in [1.165, 1.54) is 41.7 Å². The van der Waals surface area contributed by atoms with Crippen molar-refractivity contribution >= 4 is 21.5 Å². The van der Waals surface area contributed by atoms with Crippen LogP contribution in [0.15, 0.2) is 18.2 Å². The van der Waals surface area contributed by atoms with Gasteiger partial charge in [-0.15, -0.1) is 0 Å². The predicted octanol–water partition coefficient (Wildman–Crippen LogP) is 2.46. The molecular formula is C12H13N3S. The Kier molecular flexibility index (Phi) is 2.11. The van der Waals surface area contributed by atoms with Crippen LogP contribution in [0.1, 0.15) is 17.5 Å².